The zero-order chi connectivity index (χ0) is 14.3. The predicted octanol–water partition coefficient (Wildman–Crippen LogP) is 2.40. The summed E-state index contributed by atoms with van der Waals surface area (Å²) in [5.41, 5.74) is 0.548. The molecule has 0 radical (unpaired) electrons. The molecule has 2 aliphatic rings. The predicted molar refractivity (Wildman–Crippen MR) is 75.4 cm³/mol. The lowest BCUT2D eigenvalue weighted by atomic mass is 9.78. The number of nitrogens with zero attached hydrogens (tertiary/aromatic N) is 1. The van der Waals surface area contributed by atoms with E-state index in [1.54, 1.807) is 19.2 Å². The summed E-state index contributed by atoms with van der Waals surface area (Å²) < 4.78 is 5.27. The molecule has 0 unspecified atom stereocenters. The van der Waals surface area contributed by atoms with Crippen molar-refractivity contribution in [2.75, 3.05) is 12.0 Å². The number of para-hydroxylation sites is 2. The molecule has 0 aromatic heterocycles. The molecule has 1 aliphatic heterocycles. The molecule has 1 aromatic carbocycles. The number of imide groups is 1. The zero-order valence-corrected chi connectivity index (χ0v) is 11.6. The Hall–Kier alpha value is -2.10. The van der Waals surface area contributed by atoms with Crippen molar-refractivity contribution in [1.29, 1.82) is 0 Å². The Balaban J connectivity index is 2.04. The second kappa shape index (κ2) is 4.78. The third-order valence-corrected chi connectivity index (χ3v) is 4.20. The molecule has 4 heteroatoms. The van der Waals surface area contributed by atoms with Crippen LogP contribution in [0.1, 0.15) is 13.3 Å². The van der Waals surface area contributed by atoms with Gasteiger partial charge in [0.05, 0.1) is 24.6 Å². The number of anilines is 1. The number of amides is 2. The molecule has 0 N–H and O–H groups in total. The molecule has 0 spiro atoms. The first-order valence-corrected chi connectivity index (χ1v) is 6.82. The Labute approximate surface area is 118 Å². The number of hydrogen-bond acceptors (Lipinski definition) is 3. The molecule has 1 saturated heterocycles. The molecule has 1 heterocycles. The van der Waals surface area contributed by atoms with Crippen molar-refractivity contribution >= 4 is 17.5 Å². The first-order valence-electron chi connectivity index (χ1n) is 6.82. The molecule has 4 nitrogen and oxygen atoms in total. The second-order valence-electron chi connectivity index (χ2n) is 5.34. The number of ether oxygens (including phenoxy) is 1. The van der Waals surface area contributed by atoms with Crippen LogP contribution in [-0.4, -0.2) is 18.9 Å². The smallest absolute Gasteiger partial charge is 0.238 e. The topological polar surface area (TPSA) is 46.6 Å². The van der Waals surface area contributed by atoms with E-state index in [-0.39, 0.29) is 29.6 Å². The number of fused-ring (bicyclic) bond motifs is 1. The van der Waals surface area contributed by atoms with Crippen LogP contribution in [0, 0.1) is 17.8 Å². The normalized spacial score (nSPS) is 28.7. The van der Waals surface area contributed by atoms with Crippen LogP contribution in [0.2, 0.25) is 0 Å². The van der Waals surface area contributed by atoms with Gasteiger partial charge in [0.25, 0.3) is 0 Å². The summed E-state index contributed by atoms with van der Waals surface area (Å²) in [5, 5.41) is 0. The van der Waals surface area contributed by atoms with E-state index in [9.17, 15) is 9.59 Å². The fourth-order valence-corrected chi connectivity index (χ4v) is 3.20. The highest BCUT2D eigenvalue weighted by atomic mass is 16.5. The molecule has 20 heavy (non-hydrogen) atoms. The summed E-state index contributed by atoms with van der Waals surface area (Å²) in [4.78, 5) is 26.5. The average molecular weight is 271 g/mol. The molecule has 1 fully saturated rings. The van der Waals surface area contributed by atoms with Crippen molar-refractivity contribution < 1.29 is 14.3 Å². The molecule has 1 aliphatic carbocycles. The van der Waals surface area contributed by atoms with Gasteiger partial charge in [0.1, 0.15) is 5.75 Å². The zero-order valence-electron chi connectivity index (χ0n) is 11.6. The summed E-state index contributed by atoms with van der Waals surface area (Å²) in [7, 11) is 1.54. The second-order valence-corrected chi connectivity index (χ2v) is 5.34. The van der Waals surface area contributed by atoms with Crippen molar-refractivity contribution in [1.82, 2.24) is 0 Å². The number of hydrogen-bond donors (Lipinski definition) is 0. The Morgan fingerprint density at radius 2 is 1.95 bits per heavy atom. The van der Waals surface area contributed by atoms with Crippen molar-refractivity contribution in [3.05, 3.63) is 36.4 Å². The van der Waals surface area contributed by atoms with E-state index in [1.807, 2.05) is 31.2 Å². The third-order valence-electron chi connectivity index (χ3n) is 4.20. The number of carbonyl (C=O) groups is 2. The van der Waals surface area contributed by atoms with Gasteiger partial charge in [-0.1, -0.05) is 31.2 Å². The van der Waals surface area contributed by atoms with Gasteiger partial charge in [-0.3, -0.25) is 9.59 Å². The monoisotopic (exact) mass is 271 g/mol. The van der Waals surface area contributed by atoms with Gasteiger partial charge in [-0.15, -0.1) is 0 Å². The van der Waals surface area contributed by atoms with Crippen LogP contribution in [0.4, 0.5) is 5.69 Å². The maximum absolute atomic E-state index is 12.6. The van der Waals surface area contributed by atoms with E-state index in [1.165, 1.54) is 4.90 Å². The highest BCUT2D eigenvalue weighted by Gasteiger charge is 2.50. The molecule has 0 bridgehead atoms. The minimum Gasteiger partial charge on any atom is -0.495 e. The van der Waals surface area contributed by atoms with Gasteiger partial charge in [0.15, 0.2) is 0 Å². The van der Waals surface area contributed by atoms with Crippen molar-refractivity contribution in [3.8, 4) is 5.75 Å². The minimum atomic E-state index is -0.239. The van der Waals surface area contributed by atoms with Crippen LogP contribution >= 0.6 is 0 Å². The van der Waals surface area contributed by atoms with E-state index >= 15 is 0 Å². The molecule has 3 atom stereocenters. The first-order chi connectivity index (χ1) is 9.65. The fraction of sp³-hybridized carbons (Fsp3) is 0.375. The van der Waals surface area contributed by atoms with Crippen LogP contribution in [0.3, 0.4) is 0 Å². The van der Waals surface area contributed by atoms with Gasteiger partial charge in [0, 0.05) is 0 Å². The molecule has 104 valence electrons. The van der Waals surface area contributed by atoms with Crippen molar-refractivity contribution in [3.63, 3.8) is 0 Å². The minimum absolute atomic E-state index is 0.102. The van der Waals surface area contributed by atoms with Crippen molar-refractivity contribution in [2.24, 2.45) is 17.8 Å². The van der Waals surface area contributed by atoms with Crippen LogP contribution < -0.4 is 9.64 Å². The first kappa shape index (κ1) is 12.9. The maximum Gasteiger partial charge on any atom is 0.238 e. The molecular weight excluding hydrogens is 254 g/mol. The number of carbonyl (C=O) groups excluding carboxylic acids is 2. The maximum atomic E-state index is 12.6. The van der Waals surface area contributed by atoms with Gasteiger partial charge in [0.2, 0.25) is 11.8 Å². The summed E-state index contributed by atoms with van der Waals surface area (Å²) in [6.07, 6.45) is 4.67. The summed E-state index contributed by atoms with van der Waals surface area (Å²) in [5.74, 6) is -0.0368. The molecule has 2 amide bonds. The molecule has 0 saturated carbocycles. The Morgan fingerprint density at radius 3 is 2.65 bits per heavy atom. The molecule has 3 rings (SSSR count). The number of allylic oxidation sites excluding steroid dienone is 2. The third kappa shape index (κ3) is 1.75. The van der Waals surface area contributed by atoms with Crippen molar-refractivity contribution in [2.45, 2.75) is 13.3 Å². The fourth-order valence-electron chi connectivity index (χ4n) is 3.20. The molecular formula is C16H17NO3. The standard InChI is InChI=1S/C16H17NO3/c1-10-6-5-7-11-14(10)16(19)17(15(11)18)12-8-3-4-9-13(12)20-2/h3-6,8-11,14H,7H2,1-2H3/t10-,11+,14+/m1/s1. The lowest BCUT2D eigenvalue weighted by Crippen LogP contribution is -2.31. The average Bonchev–Trinajstić information content (AvgIpc) is 2.72. The largest absolute Gasteiger partial charge is 0.495 e. The number of benzene rings is 1. The van der Waals surface area contributed by atoms with Gasteiger partial charge in [-0.05, 0) is 24.5 Å². The van der Waals surface area contributed by atoms with Gasteiger partial charge in [-0.2, -0.15) is 0 Å². The van der Waals surface area contributed by atoms with E-state index in [4.69, 9.17) is 4.74 Å². The number of methoxy groups -OCH3 is 1. The van der Waals surface area contributed by atoms with E-state index in [0.29, 0.717) is 17.9 Å². The Morgan fingerprint density at radius 1 is 1.20 bits per heavy atom. The van der Waals surface area contributed by atoms with Gasteiger partial charge < -0.3 is 4.74 Å². The van der Waals surface area contributed by atoms with Gasteiger partial charge >= 0.3 is 0 Å². The Kier molecular flexibility index (Phi) is 3.08. The summed E-state index contributed by atoms with van der Waals surface area (Å²) in [6, 6.07) is 7.15. The quantitative estimate of drug-likeness (QED) is 0.613. The SMILES string of the molecule is COc1ccccc1N1C(=O)[C@H]2[C@H](C)C=CC[C@@H]2C1=O. The van der Waals surface area contributed by atoms with Crippen LogP contribution in [0.25, 0.3) is 0 Å². The van der Waals surface area contributed by atoms with Crippen LogP contribution in [0.5, 0.6) is 5.75 Å². The van der Waals surface area contributed by atoms with Crippen LogP contribution in [0.15, 0.2) is 36.4 Å². The summed E-state index contributed by atoms with van der Waals surface area (Å²) in [6.45, 7) is 1.99. The van der Waals surface area contributed by atoms with E-state index in [0.717, 1.165) is 0 Å². The van der Waals surface area contributed by atoms with Gasteiger partial charge in [-0.25, -0.2) is 4.90 Å². The Bertz CT molecular complexity index is 593. The lowest BCUT2D eigenvalue weighted by molar-refractivity contribution is -0.122. The molecule has 1 aromatic rings. The summed E-state index contributed by atoms with van der Waals surface area (Å²) >= 11 is 0. The lowest BCUT2D eigenvalue weighted by Gasteiger charge is -2.22. The van der Waals surface area contributed by atoms with E-state index in [2.05, 4.69) is 0 Å². The van der Waals surface area contributed by atoms with E-state index < -0.39 is 0 Å². The highest BCUT2D eigenvalue weighted by Crippen LogP contribution is 2.42. The number of rotatable bonds is 2. The highest BCUT2D eigenvalue weighted by molar-refractivity contribution is 6.23. The van der Waals surface area contributed by atoms with Crippen LogP contribution in [-0.2, 0) is 9.59 Å².